The van der Waals surface area contributed by atoms with E-state index in [2.05, 4.69) is 16.4 Å². The Morgan fingerprint density at radius 1 is 1.29 bits per heavy atom. The molecule has 4 nitrogen and oxygen atoms in total. The number of ether oxygens (including phenoxy) is 1. The summed E-state index contributed by atoms with van der Waals surface area (Å²) in [5, 5.41) is 13.2. The van der Waals surface area contributed by atoms with Gasteiger partial charge in [0.25, 0.3) is 0 Å². The zero-order chi connectivity index (χ0) is 14.8. The lowest BCUT2D eigenvalue weighted by molar-refractivity contribution is 0.415. The number of nitrogens with zero attached hydrogens (tertiary/aromatic N) is 2. The predicted octanol–water partition coefficient (Wildman–Crippen LogP) is 4.57. The molecule has 21 heavy (non-hydrogen) atoms. The number of anilines is 2. The Morgan fingerprint density at radius 2 is 2.14 bits per heavy atom. The number of fused-ring (bicyclic) bond motifs is 1. The van der Waals surface area contributed by atoms with Crippen molar-refractivity contribution >= 4 is 44.0 Å². The van der Waals surface area contributed by atoms with Crippen molar-refractivity contribution in [1.82, 2.24) is 4.98 Å². The fraction of sp³-hybridized carbons (Fsp3) is 0.0667. The quantitative estimate of drug-likeness (QED) is 0.769. The molecule has 0 radical (unpaired) electrons. The van der Waals surface area contributed by atoms with E-state index in [1.807, 2.05) is 18.2 Å². The molecule has 3 rings (SSSR count). The van der Waals surface area contributed by atoms with Gasteiger partial charge in [0.1, 0.15) is 5.75 Å². The Kier molecular flexibility index (Phi) is 3.65. The summed E-state index contributed by atoms with van der Waals surface area (Å²) in [4.78, 5) is 4.50. The van der Waals surface area contributed by atoms with Gasteiger partial charge in [-0.3, -0.25) is 0 Å². The van der Waals surface area contributed by atoms with Crippen LogP contribution in [0.5, 0.6) is 5.75 Å². The largest absolute Gasteiger partial charge is 0.497 e. The standard InChI is InChI=1S/C15H10ClN3OS/c1-20-10-3-5-13-14(7-10)21-15(19-13)18-12-4-2-9(8-17)6-11(12)16/h2-7H,1H3,(H,18,19). The van der Waals surface area contributed by atoms with E-state index in [1.54, 1.807) is 25.3 Å². The van der Waals surface area contributed by atoms with Crippen LogP contribution >= 0.6 is 22.9 Å². The highest BCUT2D eigenvalue weighted by molar-refractivity contribution is 7.22. The molecule has 0 spiro atoms. The molecule has 0 amide bonds. The number of nitrogens with one attached hydrogen (secondary N) is 1. The smallest absolute Gasteiger partial charge is 0.188 e. The van der Waals surface area contributed by atoms with E-state index in [4.69, 9.17) is 21.6 Å². The van der Waals surface area contributed by atoms with E-state index in [1.165, 1.54) is 11.3 Å². The molecule has 0 aliphatic heterocycles. The summed E-state index contributed by atoms with van der Waals surface area (Å²) in [6.45, 7) is 0. The number of rotatable bonds is 3. The number of nitriles is 1. The first-order chi connectivity index (χ1) is 10.2. The van der Waals surface area contributed by atoms with Gasteiger partial charge in [-0.1, -0.05) is 22.9 Å². The summed E-state index contributed by atoms with van der Waals surface area (Å²) in [5.41, 5.74) is 2.15. The van der Waals surface area contributed by atoms with Crippen molar-refractivity contribution in [3.05, 3.63) is 47.0 Å². The molecular weight excluding hydrogens is 306 g/mol. The molecule has 104 valence electrons. The first-order valence-electron chi connectivity index (χ1n) is 6.11. The van der Waals surface area contributed by atoms with Crippen LogP contribution in [0.3, 0.4) is 0 Å². The molecular formula is C15H10ClN3OS. The van der Waals surface area contributed by atoms with Gasteiger partial charge in [-0.25, -0.2) is 4.98 Å². The molecule has 1 heterocycles. The zero-order valence-electron chi connectivity index (χ0n) is 11.1. The maximum atomic E-state index is 8.84. The number of thiazole rings is 1. The zero-order valence-corrected chi connectivity index (χ0v) is 12.6. The van der Waals surface area contributed by atoms with Gasteiger partial charge in [0.15, 0.2) is 5.13 Å². The number of aromatic nitrogens is 1. The van der Waals surface area contributed by atoms with Crippen LogP contribution in [-0.4, -0.2) is 12.1 Å². The van der Waals surface area contributed by atoms with Crippen LogP contribution in [0.4, 0.5) is 10.8 Å². The van der Waals surface area contributed by atoms with Crippen molar-refractivity contribution < 1.29 is 4.74 Å². The molecule has 0 aliphatic rings. The number of hydrogen-bond acceptors (Lipinski definition) is 5. The lowest BCUT2D eigenvalue weighted by Crippen LogP contribution is -1.90. The van der Waals surface area contributed by atoms with Crippen molar-refractivity contribution in [2.45, 2.75) is 0 Å². The topological polar surface area (TPSA) is 57.9 Å². The molecule has 6 heteroatoms. The third-order valence-electron chi connectivity index (χ3n) is 2.94. The Balaban J connectivity index is 1.93. The monoisotopic (exact) mass is 315 g/mol. The summed E-state index contributed by atoms with van der Waals surface area (Å²) in [5.74, 6) is 0.800. The second kappa shape index (κ2) is 5.60. The van der Waals surface area contributed by atoms with Gasteiger partial charge in [0, 0.05) is 0 Å². The van der Waals surface area contributed by atoms with E-state index in [-0.39, 0.29) is 0 Å². The highest BCUT2D eigenvalue weighted by atomic mass is 35.5. The first-order valence-corrected chi connectivity index (χ1v) is 7.30. The minimum atomic E-state index is 0.492. The molecule has 0 bridgehead atoms. The lowest BCUT2D eigenvalue weighted by atomic mass is 10.2. The molecule has 1 N–H and O–H groups in total. The van der Waals surface area contributed by atoms with E-state index < -0.39 is 0 Å². The van der Waals surface area contributed by atoms with Crippen LogP contribution in [-0.2, 0) is 0 Å². The van der Waals surface area contributed by atoms with Gasteiger partial charge in [0.05, 0.1) is 39.7 Å². The molecule has 3 aromatic rings. The normalized spacial score (nSPS) is 10.3. The average molecular weight is 316 g/mol. The second-order valence-corrected chi connectivity index (χ2v) is 5.72. The maximum Gasteiger partial charge on any atom is 0.188 e. The van der Waals surface area contributed by atoms with Crippen LogP contribution in [0, 0.1) is 11.3 Å². The number of benzene rings is 2. The summed E-state index contributed by atoms with van der Waals surface area (Å²) < 4.78 is 6.23. The van der Waals surface area contributed by atoms with Gasteiger partial charge < -0.3 is 10.1 Å². The van der Waals surface area contributed by atoms with Crippen molar-refractivity contribution in [1.29, 1.82) is 5.26 Å². The van der Waals surface area contributed by atoms with Gasteiger partial charge in [0.2, 0.25) is 0 Å². The number of methoxy groups -OCH3 is 1. The minimum Gasteiger partial charge on any atom is -0.497 e. The Bertz CT molecular complexity index is 854. The Morgan fingerprint density at radius 3 is 2.86 bits per heavy atom. The van der Waals surface area contributed by atoms with E-state index >= 15 is 0 Å². The fourth-order valence-electron chi connectivity index (χ4n) is 1.89. The van der Waals surface area contributed by atoms with Crippen LogP contribution in [0.2, 0.25) is 5.02 Å². The van der Waals surface area contributed by atoms with Crippen molar-refractivity contribution in [2.24, 2.45) is 0 Å². The number of halogens is 1. The average Bonchev–Trinajstić information content (AvgIpc) is 2.90. The highest BCUT2D eigenvalue weighted by Crippen LogP contribution is 2.33. The summed E-state index contributed by atoms with van der Waals surface area (Å²) in [7, 11) is 1.64. The second-order valence-electron chi connectivity index (χ2n) is 4.28. The van der Waals surface area contributed by atoms with Gasteiger partial charge >= 0.3 is 0 Å². The van der Waals surface area contributed by atoms with Crippen LogP contribution in [0.1, 0.15) is 5.56 Å². The van der Waals surface area contributed by atoms with Gasteiger partial charge in [-0.15, -0.1) is 0 Å². The predicted molar refractivity (Wildman–Crippen MR) is 85.6 cm³/mol. The molecule has 0 fully saturated rings. The summed E-state index contributed by atoms with van der Waals surface area (Å²) in [6.07, 6.45) is 0. The Hall–Kier alpha value is -2.29. The minimum absolute atomic E-state index is 0.492. The molecule has 0 atom stereocenters. The molecule has 0 saturated carbocycles. The SMILES string of the molecule is COc1ccc2nc(Nc3ccc(C#N)cc3Cl)sc2c1. The maximum absolute atomic E-state index is 8.84. The highest BCUT2D eigenvalue weighted by Gasteiger charge is 2.08. The molecule has 1 aromatic heterocycles. The molecule has 0 saturated heterocycles. The summed E-state index contributed by atoms with van der Waals surface area (Å²) >= 11 is 7.66. The third-order valence-corrected chi connectivity index (χ3v) is 4.18. The summed E-state index contributed by atoms with van der Waals surface area (Å²) in [6, 6.07) is 12.9. The number of hydrogen-bond donors (Lipinski definition) is 1. The van der Waals surface area contributed by atoms with E-state index in [0.717, 1.165) is 26.8 Å². The third kappa shape index (κ3) is 2.77. The lowest BCUT2D eigenvalue weighted by Gasteiger charge is -2.04. The van der Waals surface area contributed by atoms with Crippen molar-refractivity contribution in [3.63, 3.8) is 0 Å². The van der Waals surface area contributed by atoms with Gasteiger partial charge in [-0.2, -0.15) is 5.26 Å². The Labute approximate surface area is 130 Å². The van der Waals surface area contributed by atoms with Gasteiger partial charge in [-0.05, 0) is 36.4 Å². The van der Waals surface area contributed by atoms with E-state index in [0.29, 0.717) is 10.6 Å². The van der Waals surface area contributed by atoms with Crippen LogP contribution in [0.25, 0.3) is 10.2 Å². The molecule has 2 aromatic carbocycles. The van der Waals surface area contributed by atoms with Crippen molar-refractivity contribution in [3.8, 4) is 11.8 Å². The van der Waals surface area contributed by atoms with Crippen LogP contribution in [0.15, 0.2) is 36.4 Å². The first kappa shape index (κ1) is 13.7. The van der Waals surface area contributed by atoms with Crippen molar-refractivity contribution in [2.75, 3.05) is 12.4 Å². The van der Waals surface area contributed by atoms with E-state index in [9.17, 15) is 0 Å². The van der Waals surface area contributed by atoms with Crippen LogP contribution < -0.4 is 10.1 Å². The molecule has 0 aliphatic carbocycles. The molecule has 0 unspecified atom stereocenters. The fourth-order valence-corrected chi connectivity index (χ4v) is 3.02.